The molecule has 2 aromatic rings. The van der Waals surface area contributed by atoms with Crippen LogP contribution < -0.4 is 10.5 Å². The number of nitrogens with zero attached hydrogens (tertiary/aromatic N) is 2. The van der Waals surface area contributed by atoms with Crippen LogP contribution in [0.1, 0.15) is 23.7 Å². The van der Waals surface area contributed by atoms with Gasteiger partial charge in [-0.25, -0.2) is 0 Å². The van der Waals surface area contributed by atoms with E-state index >= 15 is 0 Å². The van der Waals surface area contributed by atoms with Gasteiger partial charge in [0, 0.05) is 6.07 Å². The van der Waals surface area contributed by atoms with E-state index in [9.17, 15) is 5.26 Å². The summed E-state index contributed by atoms with van der Waals surface area (Å²) in [5, 5.41) is 9.18. The molecule has 98 valence electrons. The minimum atomic E-state index is 0.506. The Morgan fingerprint density at radius 3 is 2.79 bits per heavy atom. The summed E-state index contributed by atoms with van der Waals surface area (Å²) in [6.45, 7) is 5.04. The zero-order valence-electron chi connectivity index (χ0n) is 11.2. The second-order valence-electron chi connectivity index (χ2n) is 4.41. The zero-order chi connectivity index (χ0) is 13.8. The molecule has 0 aliphatic carbocycles. The van der Waals surface area contributed by atoms with Crippen LogP contribution in [0, 0.1) is 18.3 Å². The highest BCUT2D eigenvalue weighted by atomic mass is 16.5. The van der Waals surface area contributed by atoms with Crippen LogP contribution >= 0.6 is 0 Å². The molecule has 19 heavy (non-hydrogen) atoms. The van der Waals surface area contributed by atoms with Gasteiger partial charge in [-0.1, -0.05) is 29.8 Å². The van der Waals surface area contributed by atoms with Gasteiger partial charge in [-0.05, 0) is 19.4 Å². The van der Waals surface area contributed by atoms with E-state index in [4.69, 9.17) is 10.5 Å². The SMILES string of the molecule is CCOc1c(N)cc(C#N)n1Cc1cccc(C)c1. The molecule has 0 saturated carbocycles. The number of nitrogens with two attached hydrogens (primary N) is 1. The number of rotatable bonds is 4. The molecule has 0 saturated heterocycles. The third kappa shape index (κ3) is 2.71. The first-order valence-corrected chi connectivity index (χ1v) is 6.23. The lowest BCUT2D eigenvalue weighted by atomic mass is 10.1. The summed E-state index contributed by atoms with van der Waals surface area (Å²) in [6, 6.07) is 12.0. The quantitative estimate of drug-likeness (QED) is 0.913. The number of nitriles is 1. The predicted octanol–water partition coefficient (Wildman–Crippen LogP) is 2.70. The maximum Gasteiger partial charge on any atom is 0.218 e. The minimum absolute atomic E-state index is 0.506. The third-order valence-electron chi connectivity index (χ3n) is 2.89. The van der Waals surface area contributed by atoms with Crippen LogP contribution in [0.2, 0.25) is 0 Å². The molecule has 0 amide bonds. The summed E-state index contributed by atoms with van der Waals surface area (Å²) in [5.74, 6) is 0.570. The Balaban J connectivity index is 2.41. The molecule has 0 fully saturated rings. The van der Waals surface area contributed by atoms with Crippen LogP contribution in [0.15, 0.2) is 30.3 Å². The number of nitrogen functional groups attached to an aromatic ring is 1. The number of benzene rings is 1. The lowest BCUT2D eigenvalue weighted by molar-refractivity contribution is 0.313. The van der Waals surface area contributed by atoms with Gasteiger partial charge in [0.05, 0.1) is 18.8 Å². The average molecular weight is 255 g/mol. The molecule has 0 aliphatic rings. The second kappa shape index (κ2) is 5.49. The van der Waals surface area contributed by atoms with E-state index in [0.717, 1.165) is 5.56 Å². The first kappa shape index (κ1) is 13.0. The summed E-state index contributed by atoms with van der Waals surface area (Å²) in [6.07, 6.45) is 0. The van der Waals surface area contributed by atoms with E-state index in [1.54, 1.807) is 6.07 Å². The second-order valence-corrected chi connectivity index (χ2v) is 4.41. The van der Waals surface area contributed by atoms with Crippen LogP contribution in [0.25, 0.3) is 0 Å². The molecule has 1 aromatic heterocycles. The number of anilines is 1. The topological polar surface area (TPSA) is 64.0 Å². The fraction of sp³-hybridized carbons (Fsp3) is 0.267. The molecule has 4 nitrogen and oxygen atoms in total. The summed E-state index contributed by atoms with van der Waals surface area (Å²) >= 11 is 0. The largest absolute Gasteiger partial charge is 0.478 e. The Kier molecular flexibility index (Phi) is 3.76. The Morgan fingerprint density at radius 1 is 1.37 bits per heavy atom. The van der Waals surface area contributed by atoms with Crippen molar-refractivity contribution in [3.8, 4) is 11.9 Å². The van der Waals surface area contributed by atoms with Crippen molar-refractivity contribution in [2.24, 2.45) is 0 Å². The first-order chi connectivity index (χ1) is 9.15. The van der Waals surface area contributed by atoms with Gasteiger partial charge in [0.2, 0.25) is 5.88 Å². The van der Waals surface area contributed by atoms with Crippen LogP contribution in [0.3, 0.4) is 0 Å². The molecule has 2 N–H and O–H groups in total. The van der Waals surface area contributed by atoms with Crippen LogP contribution in [0.5, 0.6) is 5.88 Å². The highest BCUT2D eigenvalue weighted by Crippen LogP contribution is 2.27. The van der Waals surface area contributed by atoms with Crippen LogP contribution in [-0.2, 0) is 6.54 Å². The monoisotopic (exact) mass is 255 g/mol. The van der Waals surface area contributed by atoms with Crippen LogP contribution in [0.4, 0.5) is 5.69 Å². The Labute approximate surface area is 113 Å². The Hall–Kier alpha value is -2.41. The molecule has 0 unspecified atom stereocenters. The van der Waals surface area contributed by atoms with Gasteiger partial charge >= 0.3 is 0 Å². The number of hydrogen-bond acceptors (Lipinski definition) is 3. The van der Waals surface area contributed by atoms with Crippen molar-refractivity contribution in [1.82, 2.24) is 4.57 Å². The fourth-order valence-corrected chi connectivity index (χ4v) is 2.09. The molecule has 0 bridgehead atoms. The van der Waals surface area contributed by atoms with Gasteiger partial charge < -0.3 is 10.5 Å². The number of aromatic nitrogens is 1. The maximum absolute atomic E-state index is 9.18. The highest BCUT2D eigenvalue weighted by Gasteiger charge is 2.14. The first-order valence-electron chi connectivity index (χ1n) is 6.23. The van der Waals surface area contributed by atoms with Gasteiger partial charge in [0.1, 0.15) is 11.8 Å². The summed E-state index contributed by atoms with van der Waals surface area (Å²) in [7, 11) is 0. The molecule has 0 radical (unpaired) electrons. The predicted molar refractivity (Wildman–Crippen MR) is 75.0 cm³/mol. The fourth-order valence-electron chi connectivity index (χ4n) is 2.09. The van der Waals surface area contributed by atoms with Gasteiger partial charge in [0.15, 0.2) is 0 Å². The van der Waals surface area contributed by atoms with E-state index < -0.39 is 0 Å². The van der Waals surface area contributed by atoms with Crippen molar-refractivity contribution in [3.63, 3.8) is 0 Å². The number of hydrogen-bond donors (Lipinski definition) is 1. The van der Waals surface area contributed by atoms with Crippen molar-refractivity contribution in [3.05, 3.63) is 47.2 Å². The summed E-state index contributed by atoms with van der Waals surface area (Å²) < 4.78 is 7.35. The van der Waals surface area contributed by atoms with Crippen molar-refractivity contribution in [2.45, 2.75) is 20.4 Å². The average Bonchev–Trinajstić information content (AvgIpc) is 2.67. The van der Waals surface area contributed by atoms with Crippen molar-refractivity contribution in [1.29, 1.82) is 5.26 Å². The number of aryl methyl sites for hydroxylation is 1. The molecule has 4 heteroatoms. The van der Waals surface area contributed by atoms with E-state index in [0.29, 0.717) is 30.4 Å². The smallest absolute Gasteiger partial charge is 0.218 e. The van der Waals surface area contributed by atoms with E-state index in [1.807, 2.05) is 36.6 Å². The zero-order valence-corrected chi connectivity index (χ0v) is 11.2. The Bertz CT molecular complexity index is 623. The molecule has 0 aliphatic heterocycles. The molecule has 1 heterocycles. The van der Waals surface area contributed by atoms with Crippen molar-refractivity contribution in [2.75, 3.05) is 12.3 Å². The highest BCUT2D eigenvalue weighted by molar-refractivity contribution is 5.55. The normalized spacial score (nSPS) is 10.2. The van der Waals surface area contributed by atoms with Gasteiger partial charge in [-0.2, -0.15) is 5.26 Å². The summed E-state index contributed by atoms with van der Waals surface area (Å²) in [5.41, 5.74) is 9.22. The molecular weight excluding hydrogens is 238 g/mol. The Morgan fingerprint density at radius 2 is 2.16 bits per heavy atom. The van der Waals surface area contributed by atoms with Crippen molar-refractivity contribution >= 4 is 5.69 Å². The molecule has 0 spiro atoms. The molecule has 2 rings (SSSR count). The number of ether oxygens (including phenoxy) is 1. The third-order valence-corrected chi connectivity index (χ3v) is 2.89. The van der Waals surface area contributed by atoms with E-state index in [2.05, 4.69) is 12.1 Å². The van der Waals surface area contributed by atoms with Gasteiger partial charge in [-0.15, -0.1) is 0 Å². The molecular formula is C15H17N3O. The lowest BCUT2D eigenvalue weighted by Gasteiger charge is -2.11. The lowest BCUT2D eigenvalue weighted by Crippen LogP contribution is -2.07. The summed E-state index contributed by atoms with van der Waals surface area (Å²) in [4.78, 5) is 0. The van der Waals surface area contributed by atoms with Crippen LogP contribution in [-0.4, -0.2) is 11.2 Å². The standard InChI is InChI=1S/C15H17N3O/c1-3-19-15-14(17)8-13(9-16)18(15)10-12-6-4-5-11(2)7-12/h4-8H,3,10,17H2,1-2H3. The van der Waals surface area contributed by atoms with E-state index in [1.165, 1.54) is 5.56 Å². The maximum atomic E-state index is 9.18. The molecule has 1 aromatic carbocycles. The van der Waals surface area contributed by atoms with Gasteiger partial charge in [0.25, 0.3) is 0 Å². The van der Waals surface area contributed by atoms with E-state index in [-0.39, 0.29) is 0 Å². The van der Waals surface area contributed by atoms with Gasteiger partial charge in [-0.3, -0.25) is 4.57 Å². The molecule has 0 atom stereocenters. The minimum Gasteiger partial charge on any atom is -0.478 e. The van der Waals surface area contributed by atoms with Crippen molar-refractivity contribution < 1.29 is 4.74 Å².